The highest BCUT2D eigenvalue weighted by molar-refractivity contribution is 7.99. The van der Waals surface area contributed by atoms with Crippen LogP contribution in [0.3, 0.4) is 0 Å². The minimum absolute atomic E-state index is 1.08. The van der Waals surface area contributed by atoms with E-state index in [1.54, 1.807) is 0 Å². The van der Waals surface area contributed by atoms with Crippen molar-refractivity contribution in [2.45, 2.75) is 41.0 Å². The molecule has 0 rings (SSSR count). The number of thioether (sulfide) groups is 2. The van der Waals surface area contributed by atoms with Crippen molar-refractivity contribution < 1.29 is 0 Å². The van der Waals surface area contributed by atoms with Crippen LogP contribution in [0.1, 0.15) is 41.0 Å². The molecule has 0 saturated carbocycles. The minimum atomic E-state index is 1.08. The van der Waals surface area contributed by atoms with E-state index in [1.807, 2.05) is 51.5 Å². The van der Waals surface area contributed by atoms with Gasteiger partial charge in [0.25, 0.3) is 0 Å². The summed E-state index contributed by atoms with van der Waals surface area (Å²) in [7, 11) is 3.93. The molecule has 0 spiro atoms. The van der Waals surface area contributed by atoms with Gasteiger partial charge in [-0.25, -0.2) is 0 Å². The molecule has 0 saturated heterocycles. The molecule has 0 fully saturated rings. The first-order chi connectivity index (χ1) is 8.24. The smallest absolute Gasteiger partial charge is 0.0415 e. The van der Waals surface area contributed by atoms with Crippen LogP contribution < -0.4 is 10.6 Å². The van der Waals surface area contributed by atoms with Crippen LogP contribution in [0.15, 0.2) is 0 Å². The van der Waals surface area contributed by atoms with Crippen molar-refractivity contribution in [1.29, 1.82) is 0 Å². The van der Waals surface area contributed by atoms with Crippen LogP contribution in [0.4, 0.5) is 0 Å². The fraction of sp³-hybridized carbons (Fsp3) is 1.00. The molecule has 0 unspecified atom stereocenters. The summed E-state index contributed by atoms with van der Waals surface area (Å²) >= 11 is 3.76. The highest BCUT2D eigenvalue weighted by atomic mass is 32.2. The van der Waals surface area contributed by atoms with Crippen LogP contribution in [0, 0.1) is 0 Å². The van der Waals surface area contributed by atoms with Gasteiger partial charge >= 0.3 is 0 Å². The summed E-state index contributed by atoms with van der Waals surface area (Å²) in [5.74, 6) is 3.51. The van der Waals surface area contributed by atoms with E-state index in [-0.39, 0.29) is 0 Å². The number of nitrogens with one attached hydrogen (secondary N) is 2. The van der Waals surface area contributed by atoms with Crippen molar-refractivity contribution in [1.82, 2.24) is 10.6 Å². The van der Waals surface area contributed by atoms with Gasteiger partial charge in [0.2, 0.25) is 0 Å². The van der Waals surface area contributed by atoms with E-state index in [0.717, 1.165) is 12.4 Å². The molecule has 0 radical (unpaired) electrons. The van der Waals surface area contributed by atoms with Crippen LogP contribution >= 0.6 is 23.5 Å². The molecule has 0 aromatic carbocycles. The van der Waals surface area contributed by atoms with Crippen molar-refractivity contribution in [2.24, 2.45) is 0 Å². The van der Waals surface area contributed by atoms with Gasteiger partial charge in [-0.05, 0) is 26.1 Å². The Balaban J connectivity index is -0.0000000727. The fourth-order valence-corrected chi connectivity index (χ4v) is 1.22. The van der Waals surface area contributed by atoms with Crippen LogP contribution in [-0.2, 0) is 0 Å². The molecular weight excluding hydrogens is 248 g/mol. The van der Waals surface area contributed by atoms with E-state index in [0.29, 0.717) is 0 Å². The molecule has 2 N–H and O–H groups in total. The molecular formula is C13H36N2S2. The van der Waals surface area contributed by atoms with Gasteiger partial charge in [-0.1, -0.05) is 41.0 Å². The molecule has 0 aromatic heterocycles. The average molecular weight is 285 g/mol. The standard InChI is InChI=1S/2C4H11NS.C3H8.C2H6/c1-5-3-4-6-2;1-3-6-4-5-2;1-3-2;1-2/h2*5H,3-4H2,1-2H3;3H2,1-2H3;1-2H3. The highest BCUT2D eigenvalue weighted by Crippen LogP contribution is 1.91. The minimum Gasteiger partial charge on any atom is -0.319 e. The Hall–Kier alpha value is 0.620. The number of hydrogen-bond donors (Lipinski definition) is 2. The number of rotatable bonds is 6. The predicted octanol–water partition coefficient (Wildman–Crippen LogP) is 3.93. The summed E-state index contributed by atoms with van der Waals surface area (Å²) in [5.41, 5.74) is 0. The largest absolute Gasteiger partial charge is 0.319 e. The van der Waals surface area contributed by atoms with E-state index in [1.165, 1.54) is 17.9 Å². The summed E-state index contributed by atoms with van der Waals surface area (Å²) in [4.78, 5) is 0. The second kappa shape index (κ2) is 43.8. The zero-order chi connectivity index (χ0) is 14.4. The molecule has 0 aliphatic rings. The SMILES string of the molecule is CC.CCC.CCSCNC.CNCCSC. The maximum absolute atomic E-state index is 3.05. The third-order valence-corrected chi connectivity index (χ3v) is 2.52. The molecule has 2 nitrogen and oxygen atoms in total. The lowest BCUT2D eigenvalue weighted by molar-refractivity contribution is 0.873. The predicted molar refractivity (Wildman–Crippen MR) is 91.7 cm³/mol. The molecule has 4 heteroatoms. The number of hydrogen-bond acceptors (Lipinski definition) is 4. The van der Waals surface area contributed by atoms with E-state index in [2.05, 4.69) is 37.7 Å². The summed E-state index contributed by atoms with van der Waals surface area (Å²) < 4.78 is 0. The van der Waals surface area contributed by atoms with Gasteiger partial charge in [0, 0.05) is 18.2 Å². The van der Waals surface area contributed by atoms with Crippen LogP contribution in [0.5, 0.6) is 0 Å². The average Bonchev–Trinajstić information content (AvgIpc) is 2.38. The molecule has 0 aliphatic heterocycles. The zero-order valence-corrected chi connectivity index (χ0v) is 15.0. The van der Waals surface area contributed by atoms with Gasteiger partial charge in [0.15, 0.2) is 0 Å². The van der Waals surface area contributed by atoms with Crippen LogP contribution in [0.2, 0.25) is 0 Å². The first-order valence-electron chi connectivity index (χ1n) is 6.60. The van der Waals surface area contributed by atoms with Crippen LogP contribution in [-0.4, -0.2) is 44.3 Å². The van der Waals surface area contributed by atoms with E-state index >= 15 is 0 Å². The van der Waals surface area contributed by atoms with Gasteiger partial charge in [0.1, 0.15) is 0 Å². The zero-order valence-electron chi connectivity index (χ0n) is 13.4. The molecule has 0 bridgehead atoms. The lowest BCUT2D eigenvalue weighted by Crippen LogP contribution is -2.09. The normalized spacial score (nSPS) is 7.76. The summed E-state index contributed by atoms with van der Waals surface area (Å²) in [6.07, 6.45) is 3.36. The van der Waals surface area contributed by atoms with Crippen molar-refractivity contribution >= 4 is 23.5 Å². The van der Waals surface area contributed by atoms with Gasteiger partial charge in [-0.2, -0.15) is 11.8 Å². The van der Waals surface area contributed by atoms with Crippen molar-refractivity contribution in [3.8, 4) is 0 Å². The quantitative estimate of drug-likeness (QED) is 0.570. The molecule has 0 atom stereocenters. The van der Waals surface area contributed by atoms with Crippen molar-refractivity contribution in [2.75, 3.05) is 44.3 Å². The lowest BCUT2D eigenvalue weighted by atomic mass is 10.6. The highest BCUT2D eigenvalue weighted by Gasteiger charge is 1.73. The Bertz CT molecular complexity index is 58.4. The van der Waals surface area contributed by atoms with Crippen LogP contribution in [0.25, 0.3) is 0 Å². The topological polar surface area (TPSA) is 24.1 Å². The summed E-state index contributed by atoms with van der Waals surface area (Å²) in [5, 5.41) is 6.08. The van der Waals surface area contributed by atoms with Gasteiger partial charge in [-0.3, -0.25) is 0 Å². The Morgan fingerprint density at radius 1 is 0.941 bits per heavy atom. The van der Waals surface area contributed by atoms with Gasteiger partial charge < -0.3 is 10.6 Å². The van der Waals surface area contributed by atoms with E-state index in [9.17, 15) is 0 Å². The molecule has 110 valence electrons. The first kappa shape index (κ1) is 26.2. The molecule has 0 heterocycles. The summed E-state index contributed by atoms with van der Waals surface area (Å²) in [6.45, 7) is 11.5. The molecule has 0 amide bonds. The van der Waals surface area contributed by atoms with E-state index < -0.39 is 0 Å². The maximum Gasteiger partial charge on any atom is 0.0415 e. The maximum atomic E-state index is 3.05. The Labute approximate surface area is 119 Å². The second-order valence-electron chi connectivity index (χ2n) is 2.79. The first-order valence-corrected chi connectivity index (χ1v) is 9.15. The van der Waals surface area contributed by atoms with Gasteiger partial charge in [0.05, 0.1) is 0 Å². The Morgan fingerprint density at radius 3 is 1.53 bits per heavy atom. The fourth-order valence-electron chi connectivity index (χ4n) is 0.408. The van der Waals surface area contributed by atoms with E-state index in [4.69, 9.17) is 0 Å². The Kier molecular flexibility index (Phi) is 67.6. The summed E-state index contributed by atoms with van der Waals surface area (Å²) in [6, 6.07) is 0. The Morgan fingerprint density at radius 2 is 1.41 bits per heavy atom. The molecule has 17 heavy (non-hydrogen) atoms. The lowest BCUT2D eigenvalue weighted by Gasteiger charge is -1.90. The third kappa shape index (κ3) is 81.1. The third-order valence-electron chi connectivity index (χ3n) is 1.01. The molecule has 0 aliphatic carbocycles. The van der Waals surface area contributed by atoms with Crippen molar-refractivity contribution in [3.05, 3.63) is 0 Å². The monoisotopic (exact) mass is 284 g/mol. The van der Waals surface area contributed by atoms with Gasteiger partial charge in [-0.15, -0.1) is 11.8 Å². The molecule has 0 aromatic rings. The second-order valence-corrected chi connectivity index (χ2v) is 5.05. The van der Waals surface area contributed by atoms with Crippen molar-refractivity contribution in [3.63, 3.8) is 0 Å².